The minimum absolute atomic E-state index is 0.198. The lowest BCUT2D eigenvalue weighted by Crippen LogP contribution is -2.41. The number of nitrogens with zero attached hydrogens (tertiary/aromatic N) is 4. The maximum atomic E-state index is 13.0. The van der Waals surface area contributed by atoms with Gasteiger partial charge >= 0.3 is 0 Å². The second-order valence-electron chi connectivity index (χ2n) is 6.87. The number of aromatic nitrogens is 4. The molecule has 0 bridgehead atoms. The van der Waals surface area contributed by atoms with Gasteiger partial charge < -0.3 is 15.0 Å². The summed E-state index contributed by atoms with van der Waals surface area (Å²) in [6.07, 6.45) is 1.47. The molecular weight excluding hydrogens is 443 g/mol. The Balaban J connectivity index is 1.56. The van der Waals surface area contributed by atoms with Crippen molar-refractivity contribution in [1.29, 1.82) is 0 Å². The molecule has 2 N–H and O–H groups in total. The van der Waals surface area contributed by atoms with Gasteiger partial charge in [0.25, 0.3) is 11.8 Å². The Kier molecular flexibility index (Phi) is 6.26. The fourth-order valence-electron chi connectivity index (χ4n) is 3.32. The van der Waals surface area contributed by atoms with Gasteiger partial charge in [0, 0.05) is 30.2 Å². The first kappa shape index (κ1) is 21.4. The molecule has 1 fully saturated rings. The van der Waals surface area contributed by atoms with Crippen LogP contribution in [0.5, 0.6) is 0 Å². The number of ether oxygens (including phenoxy) is 1. The fourth-order valence-corrected chi connectivity index (χ4v) is 3.83. The van der Waals surface area contributed by atoms with Crippen LogP contribution in [0.4, 0.5) is 5.69 Å². The Hall–Kier alpha value is -2.88. The van der Waals surface area contributed by atoms with Gasteiger partial charge in [0.15, 0.2) is 0 Å². The summed E-state index contributed by atoms with van der Waals surface area (Å²) >= 11 is 12.2. The zero-order valence-electron chi connectivity index (χ0n) is 16.7. The lowest BCUT2D eigenvalue weighted by atomic mass is 10.1. The number of aromatic amines is 1. The van der Waals surface area contributed by atoms with Crippen LogP contribution in [0.1, 0.15) is 27.9 Å². The molecule has 1 aromatic carbocycles. The van der Waals surface area contributed by atoms with Crippen molar-refractivity contribution in [2.24, 2.45) is 0 Å². The van der Waals surface area contributed by atoms with E-state index in [1.807, 2.05) is 6.92 Å². The molecule has 9 nitrogen and oxygen atoms in total. The van der Waals surface area contributed by atoms with Gasteiger partial charge in [-0.15, -0.1) is 0 Å². The highest BCUT2D eigenvalue weighted by Crippen LogP contribution is 2.29. The molecule has 3 aromatic rings. The van der Waals surface area contributed by atoms with E-state index in [-0.39, 0.29) is 11.6 Å². The van der Waals surface area contributed by atoms with E-state index < -0.39 is 5.91 Å². The highest BCUT2D eigenvalue weighted by Gasteiger charge is 2.26. The first-order valence-corrected chi connectivity index (χ1v) is 10.5. The second kappa shape index (κ2) is 9.09. The predicted molar refractivity (Wildman–Crippen MR) is 117 cm³/mol. The van der Waals surface area contributed by atoms with Crippen molar-refractivity contribution < 1.29 is 14.3 Å². The SMILES string of the molecule is CCn1ncc(NC(=O)c2cc(-c3ccc(Cl)cc3Cl)n[nH]2)c1C(=O)N1CCOCC1. The number of H-pyrrole nitrogens is 1. The highest BCUT2D eigenvalue weighted by atomic mass is 35.5. The van der Waals surface area contributed by atoms with E-state index in [4.69, 9.17) is 27.9 Å². The highest BCUT2D eigenvalue weighted by molar-refractivity contribution is 6.36. The van der Waals surface area contributed by atoms with Crippen molar-refractivity contribution in [1.82, 2.24) is 24.9 Å². The summed E-state index contributed by atoms with van der Waals surface area (Å²) in [5.41, 5.74) is 2.03. The van der Waals surface area contributed by atoms with Crippen molar-refractivity contribution in [3.8, 4) is 11.3 Å². The molecule has 31 heavy (non-hydrogen) atoms. The van der Waals surface area contributed by atoms with Crippen LogP contribution in [-0.4, -0.2) is 63.0 Å². The number of carbonyl (C=O) groups is 2. The molecule has 11 heteroatoms. The Morgan fingerprint density at radius 3 is 2.71 bits per heavy atom. The zero-order chi connectivity index (χ0) is 22.0. The first-order chi connectivity index (χ1) is 15.0. The lowest BCUT2D eigenvalue weighted by molar-refractivity contribution is 0.0295. The van der Waals surface area contributed by atoms with Crippen molar-refractivity contribution in [3.05, 3.63) is 51.9 Å². The van der Waals surface area contributed by atoms with Gasteiger partial charge in [-0.3, -0.25) is 19.4 Å². The number of hydrogen-bond donors (Lipinski definition) is 2. The Morgan fingerprint density at radius 1 is 1.23 bits per heavy atom. The third-order valence-corrected chi connectivity index (χ3v) is 5.47. The molecule has 3 heterocycles. The van der Waals surface area contributed by atoms with Gasteiger partial charge in [0.05, 0.1) is 35.8 Å². The summed E-state index contributed by atoms with van der Waals surface area (Å²) in [5, 5.41) is 14.8. The van der Waals surface area contributed by atoms with Crippen molar-refractivity contribution in [2.75, 3.05) is 31.6 Å². The third kappa shape index (κ3) is 4.43. The molecule has 1 aliphatic heterocycles. The average molecular weight is 463 g/mol. The summed E-state index contributed by atoms with van der Waals surface area (Å²) < 4.78 is 6.88. The van der Waals surface area contributed by atoms with Gasteiger partial charge in [0.2, 0.25) is 0 Å². The molecular formula is C20H20Cl2N6O3. The zero-order valence-corrected chi connectivity index (χ0v) is 18.2. The van der Waals surface area contributed by atoms with Crippen LogP contribution >= 0.6 is 23.2 Å². The quantitative estimate of drug-likeness (QED) is 0.604. The molecule has 0 atom stereocenters. The maximum absolute atomic E-state index is 13.0. The molecule has 0 saturated carbocycles. The van der Waals surface area contributed by atoms with Crippen molar-refractivity contribution >= 4 is 40.7 Å². The molecule has 1 aliphatic rings. The number of halogens is 2. The Labute approximate surface area is 188 Å². The topological polar surface area (TPSA) is 105 Å². The monoisotopic (exact) mass is 462 g/mol. The van der Waals surface area contributed by atoms with Crippen LogP contribution in [0.2, 0.25) is 10.0 Å². The molecule has 2 amide bonds. The first-order valence-electron chi connectivity index (χ1n) is 9.73. The summed E-state index contributed by atoms with van der Waals surface area (Å²) in [5.74, 6) is -0.647. The minimum Gasteiger partial charge on any atom is -0.378 e. The number of rotatable bonds is 5. The van der Waals surface area contributed by atoms with Crippen LogP contribution in [0.3, 0.4) is 0 Å². The third-order valence-electron chi connectivity index (χ3n) is 4.92. The summed E-state index contributed by atoms with van der Waals surface area (Å²) in [6, 6.07) is 6.61. The molecule has 162 valence electrons. The van der Waals surface area contributed by atoms with Crippen molar-refractivity contribution in [3.63, 3.8) is 0 Å². The maximum Gasteiger partial charge on any atom is 0.274 e. The van der Waals surface area contributed by atoms with E-state index in [0.717, 1.165) is 0 Å². The van der Waals surface area contributed by atoms with Crippen LogP contribution in [0.25, 0.3) is 11.3 Å². The number of hydrogen-bond acceptors (Lipinski definition) is 5. The Morgan fingerprint density at radius 2 is 2.00 bits per heavy atom. The number of anilines is 1. The molecule has 1 saturated heterocycles. The summed E-state index contributed by atoms with van der Waals surface area (Å²) in [4.78, 5) is 27.6. The molecule has 0 spiro atoms. The van der Waals surface area contributed by atoms with Crippen LogP contribution in [0, 0.1) is 0 Å². The number of morpholine rings is 1. The molecule has 2 aromatic heterocycles. The van der Waals surface area contributed by atoms with Crippen LogP contribution < -0.4 is 5.32 Å². The number of benzene rings is 1. The molecule has 0 aliphatic carbocycles. The number of amides is 2. The van der Waals surface area contributed by atoms with Gasteiger partial charge in [-0.1, -0.05) is 23.2 Å². The normalized spacial score (nSPS) is 14.0. The van der Waals surface area contributed by atoms with E-state index >= 15 is 0 Å². The van der Waals surface area contributed by atoms with Crippen molar-refractivity contribution in [2.45, 2.75) is 13.5 Å². The van der Waals surface area contributed by atoms with Crippen LogP contribution in [0.15, 0.2) is 30.5 Å². The summed E-state index contributed by atoms with van der Waals surface area (Å²) in [7, 11) is 0. The fraction of sp³-hybridized carbons (Fsp3) is 0.300. The van der Waals surface area contributed by atoms with E-state index in [9.17, 15) is 9.59 Å². The van der Waals surface area contributed by atoms with E-state index in [2.05, 4.69) is 20.6 Å². The number of aryl methyl sites for hydroxylation is 1. The average Bonchev–Trinajstić information content (AvgIpc) is 3.41. The molecule has 0 unspecified atom stereocenters. The van der Waals surface area contributed by atoms with E-state index in [1.54, 1.807) is 33.8 Å². The second-order valence-corrected chi connectivity index (χ2v) is 7.72. The Bertz CT molecular complexity index is 1120. The molecule has 0 radical (unpaired) electrons. The minimum atomic E-state index is -0.449. The number of carbonyl (C=O) groups excluding carboxylic acids is 2. The van der Waals surface area contributed by atoms with Gasteiger partial charge in [-0.2, -0.15) is 10.2 Å². The van der Waals surface area contributed by atoms with E-state index in [1.165, 1.54) is 6.20 Å². The van der Waals surface area contributed by atoms with Gasteiger partial charge in [-0.05, 0) is 31.2 Å². The van der Waals surface area contributed by atoms with Crippen LogP contribution in [-0.2, 0) is 11.3 Å². The molecule has 4 rings (SSSR count). The number of nitrogens with one attached hydrogen (secondary N) is 2. The van der Waals surface area contributed by atoms with Gasteiger partial charge in [-0.25, -0.2) is 0 Å². The van der Waals surface area contributed by atoms with Gasteiger partial charge in [0.1, 0.15) is 11.4 Å². The largest absolute Gasteiger partial charge is 0.378 e. The predicted octanol–water partition coefficient (Wildman–Crippen LogP) is 3.32. The smallest absolute Gasteiger partial charge is 0.274 e. The van der Waals surface area contributed by atoms with E-state index in [0.29, 0.717) is 65.5 Å². The standard InChI is InChI=1S/C20H20Cl2N6O3/c1-2-28-18(20(30)27-5-7-31-8-6-27)17(11-23-28)24-19(29)16-10-15(25-26-16)13-4-3-12(21)9-14(13)22/h3-4,9-11H,2,5-8H2,1H3,(H,24,29)(H,25,26). The summed E-state index contributed by atoms with van der Waals surface area (Å²) in [6.45, 7) is 4.33. The lowest BCUT2D eigenvalue weighted by Gasteiger charge is -2.27.